The molecule has 3 heterocycles. The fraction of sp³-hybridized carbons (Fsp3) is 0.947. The molecule has 3 rings (SSSR count). The van der Waals surface area contributed by atoms with E-state index < -0.39 is 5.60 Å². The first kappa shape index (κ1) is 20.0. The van der Waals surface area contributed by atoms with Crippen molar-refractivity contribution in [3.05, 3.63) is 0 Å². The summed E-state index contributed by atoms with van der Waals surface area (Å²) in [6.07, 6.45) is 4.87. The van der Waals surface area contributed by atoms with Crippen LogP contribution in [0.15, 0.2) is 0 Å². The molecule has 0 aromatic rings. The Balaban J connectivity index is 1.42. The van der Waals surface area contributed by atoms with Gasteiger partial charge in [0.15, 0.2) is 0 Å². The number of likely N-dealkylation sites (tertiary alicyclic amines) is 2. The zero-order valence-corrected chi connectivity index (χ0v) is 16.1. The number of piperazine rings is 1. The molecule has 7 nitrogen and oxygen atoms in total. The molecule has 3 fully saturated rings. The van der Waals surface area contributed by atoms with Gasteiger partial charge in [-0.15, -0.1) is 0 Å². The molecule has 0 aromatic heterocycles. The third kappa shape index (κ3) is 5.63. The number of carbonyl (C=O) groups is 1. The number of rotatable bonds is 6. The summed E-state index contributed by atoms with van der Waals surface area (Å²) in [6, 6.07) is 0. The van der Waals surface area contributed by atoms with Crippen LogP contribution < -0.4 is 0 Å². The lowest BCUT2D eigenvalue weighted by Crippen LogP contribution is -2.50. The fourth-order valence-corrected chi connectivity index (χ4v) is 4.55. The van der Waals surface area contributed by atoms with Gasteiger partial charge in [0.1, 0.15) is 0 Å². The normalized spacial score (nSPS) is 29.8. The van der Waals surface area contributed by atoms with Crippen molar-refractivity contribution < 1.29 is 15.0 Å². The van der Waals surface area contributed by atoms with Gasteiger partial charge in [0.2, 0.25) is 5.91 Å². The topological polar surface area (TPSA) is 70.5 Å². The molecule has 1 unspecified atom stereocenters. The first-order chi connectivity index (χ1) is 12.6. The molecule has 3 saturated heterocycles. The average molecular weight is 369 g/mol. The smallest absolute Gasteiger partial charge is 0.236 e. The van der Waals surface area contributed by atoms with E-state index in [0.717, 1.165) is 71.7 Å². The van der Waals surface area contributed by atoms with Crippen molar-refractivity contribution in [1.29, 1.82) is 0 Å². The van der Waals surface area contributed by atoms with Gasteiger partial charge in [-0.1, -0.05) is 0 Å². The fourth-order valence-electron chi connectivity index (χ4n) is 4.55. The van der Waals surface area contributed by atoms with Crippen molar-refractivity contribution in [1.82, 2.24) is 19.6 Å². The molecule has 7 heteroatoms. The SMILES string of the molecule is O=C(CN1CCN(CCO)CC1)N1CCCC(O)(CN2CCCC2)CC1. The van der Waals surface area contributed by atoms with Gasteiger partial charge in [-0.25, -0.2) is 0 Å². The van der Waals surface area contributed by atoms with Gasteiger partial charge >= 0.3 is 0 Å². The molecular formula is C19H36N4O3. The van der Waals surface area contributed by atoms with Crippen LogP contribution in [0.1, 0.15) is 32.1 Å². The average Bonchev–Trinajstić information content (AvgIpc) is 3.04. The van der Waals surface area contributed by atoms with Gasteiger partial charge in [-0.3, -0.25) is 14.6 Å². The highest BCUT2D eigenvalue weighted by molar-refractivity contribution is 5.78. The number of hydrogen-bond donors (Lipinski definition) is 2. The van der Waals surface area contributed by atoms with Gasteiger partial charge in [-0.05, 0) is 45.2 Å². The summed E-state index contributed by atoms with van der Waals surface area (Å²) in [7, 11) is 0. The van der Waals surface area contributed by atoms with Crippen LogP contribution in [0, 0.1) is 0 Å². The van der Waals surface area contributed by atoms with Crippen molar-refractivity contribution in [3.8, 4) is 0 Å². The lowest BCUT2D eigenvalue weighted by Gasteiger charge is -2.35. The Morgan fingerprint density at radius 1 is 0.808 bits per heavy atom. The molecule has 1 atom stereocenters. The van der Waals surface area contributed by atoms with E-state index in [9.17, 15) is 9.90 Å². The van der Waals surface area contributed by atoms with E-state index in [2.05, 4.69) is 14.7 Å². The Morgan fingerprint density at radius 3 is 2.19 bits per heavy atom. The van der Waals surface area contributed by atoms with Crippen molar-refractivity contribution in [2.75, 3.05) is 78.6 Å². The number of aliphatic hydroxyl groups excluding tert-OH is 1. The third-order valence-corrected chi connectivity index (χ3v) is 6.23. The van der Waals surface area contributed by atoms with Gasteiger partial charge < -0.3 is 20.0 Å². The highest BCUT2D eigenvalue weighted by Crippen LogP contribution is 2.25. The molecule has 3 aliphatic rings. The summed E-state index contributed by atoms with van der Waals surface area (Å²) < 4.78 is 0. The van der Waals surface area contributed by atoms with Crippen LogP contribution in [-0.4, -0.2) is 120 Å². The highest BCUT2D eigenvalue weighted by Gasteiger charge is 2.34. The van der Waals surface area contributed by atoms with Gasteiger partial charge in [0.25, 0.3) is 0 Å². The maximum atomic E-state index is 12.7. The van der Waals surface area contributed by atoms with Crippen molar-refractivity contribution in [2.45, 2.75) is 37.7 Å². The number of nitrogens with zero attached hydrogens (tertiary/aromatic N) is 4. The van der Waals surface area contributed by atoms with Crippen molar-refractivity contribution in [2.24, 2.45) is 0 Å². The number of carbonyl (C=O) groups excluding carboxylic acids is 1. The molecule has 1 amide bonds. The zero-order chi connectivity index (χ0) is 18.4. The molecule has 0 radical (unpaired) electrons. The second-order valence-electron chi connectivity index (χ2n) is 8.28. The van der Waals surface area contributed by atoms with Crippen LogP contribution in [0.5, 0.6) is 0 Å². The summed E-state index contributed by atoms with van der Waals surface area (Å²) in [5.41, 5.74) is -0.630. The maximum absolute atomic E-state index is 12.7. The van der Waals surface area contributed by atoms with E-state index in [4.69, 9.17) is 5.11 Å². The standard InChI is InChI=1S/C19H36N4O3/c24-15-14-20-10-12-21(13-11-20)16-18(25)23-8-3-4-19(26,5-9-23)17-22-6-1-2-7-22/h24,26H,1-17H2. The Bertz CT molecular complexity index is 450. The van der Waals surface area contributed by atoms with Crippen LogP contribution in [0.25, 0.3) is 0 Å². The molecule has 0 aromatic carbocycles. The maximum Gasteiger partial charge on any atom is 0.236 e. The second kappa shape index (κ2) is 9.46. The second-order valence-corrected chi connectivity index (χ2v) is 8.28. The number of amides is 1. The molecule has 2 N–H and O–H groups in total. The van der Waals surface area contributed by atoms with Gasteiger partial charge in [-0.2, -0.15) is 0 Å². The van der Waals surface area contributed by atoms with Crippen LogP contribution >= 0.6 is 0 Å². The first-order valence-corrected chi connectivity index (χ1v) is 10.4. The lowest BCUT2D eigenvalue weighted by atomic mass is 9.94. The molecule has 150 valence electrons. The van der Waals surface area contributed by atoms with Crippen molar-refractivity contribution in [3.63, 3.8) is 0 Å². The van der Waals surface area contributed by atoms with E-state index in [1.165, 1.54) is 12.8 Å². The summed E-state index contributed by atoms with van der Waals surface area (Å²) in [5, 5.41) is 20.0. The van der Waals surface area contributed by atoms with E-state index >= 15 is 0 Å². The van der Waals surface area contributed by atoms with Crippen LogP contribution in [0.3, 0.4) is 0 Å². The predicted octanol–water partition coefficient (Wildman–Crippen LogP) is -0.564. The van der Waals surface area contributed by atoms with E-state index in [1.807, 2.05) is 4.90 Å². The Morgan fingerprint density at radius 2 is 1.50 bits per heavy atom. The summed E-state index contributed by atoms with van der Waals surface area (Å²) in [6.45, 7) is 9.44. The third-order valence-electron chi connectivity index (χ3n) is 6.23. The summed E-state index contributed by atoms with van der Waals surface area (Å²) in [4.78, 5) is 21.5. The Hall–Kier alpha value is -0.730. The summed E-state index contributed by atoms with van der Waals surface area (Å²) >= 11 is 0. The lowest BCUT2D eigenvalue weighted by molar-refractivity contribution is -0.133. The van der Waals surface area contributed by atoms with E-state index in [1.54, 1.807) is 0 Å². The quantitative estimate of drug-likeness (QED) is 0.655. The molecular weight excluding hydrogens is 332 g/mol. The largest absolute Gasteiger partial charge is 0.395 e. The Kier molecular flexibility index (Phi) is 7.28. The van der Waals surface area contributed by atoms with Crippen LogP contribution in [0.2, 0.25) is 0 Å². The molecule has 0 saturated carbocycles. The monoisotopic (exact) mass is 368 g/mol. The van der Waals surface area contributed by atoms with Gasteiger partial charge in [0.05, 0.1) is 18.8 Å². The molecule has 0 aliphatic carbocycles. The van der Waals surface area contributed by atoms with Crippen LogP contribution in [-0.2, 0) is 4.79 Å². The minimum atomic E-state index is -0.630. The Labute approximate surface area is 157 Å². The molecule has 26 heavy (non-hydrogen) atoms. The molecule has 0 bridgehead atoms. The highest BCUT2D eigenvalue weighted by atomic mass is 16.3. The molecule has 3 aliphatic heterocycles. The van der Waals surface area contributed by atoms with Crippen molar-refractivity contribution >= 4 is 5.91 Å². The predicted molar refractivity (Wildman–Crippen MR) is 101 cm³/mol. The first-order valence-electron chi connectivity index (χ1n) is 10.4. The van der Waals surface area contributed by atoms with Gasteiger partial charge in [0, 0.05) is 52.4 Å². The number of aliphatic hydroxyl groups is 2. The minimum absolute atomic E-state index is 0.200. The van der Waals surface area contributed by atoms with E-state index in [0.29, 0.717) is 19.5 Å². The minimum Gasteiger partial charge on any atom is -0.395 e. The molecule has 0 spiro atoms. The zero-order valence-electron chi connectivity index (χ0n) is 16.1. The van der Waals surface area contributed by atoms with E-state index in [-0.39, 0.29) is 12.5 Å². The summed E-state index contributed by atoms with van der Waals surface area (Å²) in [5.74, 6) is 0.200. The number of β-amino-alcohol motifs (C(OH)–C–C–N with tert-alkyl or cyclic N) is 2. The number of hydrogen-bond acceptors (Lipinski definition) is 6. The van der Waals surface area contributed by atoms with Crippen LogP contribution in [0.4, 0.5) is 0 Å².